The van der Waals surface area contributed by atoms with Gasteiger partial charge in [0.05, 0.1) is 12.7 Å². The van der Waals surface area contributed by atoms with Crippen molar-refractivity contribution in [3.05, 3.63) is 53.1 Å². The number of esters is 1. The Balaban J connectivity index is 2.38. The molecular formula is C15H13F2NO2S. The second-order valence-corrected chi connectivity index (χ2v) is 5.52. The minimum absolute atomic E-state index is 0.252. The lowest BCUT2D eigenvalue weighted by atomic mass is 10.1. The van der Waals surface area contributed by atoms with Crippen LogP contribution in [0.1, 0.15) is 15.9 Å². The summed E-state index contributed by atoms with van der Waals surface area (Å²) in [7, 11) is 1.27. The zero-order valence-electron chi connectivity index (χ0n) is 11.4. The first-order chi connectivity index (χ1) is 9.92. The van der Waals surface area contributed by atoms with Gasteiger partial charge in [0.25, 0.3) is 0 Å². The van der Waals surface area contributed by atoms with Crippen LogP contribution in [0.5, 0.6) is 0 Å². The second kappa shape index (κ2) is 6.13. The number of anilines is 1. The summed E-state index contributed by atoms with van der Waals surface area (Å²) in [5.41, 5.74) is 7.15. The maximum atomic E-state index is 13.2. The van der Waals surface area contributed by atoms with Crippen molar-refractivity contribution in [1.29, 1.82) is 0 Å². The normalized spacial score (nSPS) is 10.5. The molecule has 0 unspecified atom stereocenters. The molecule has 2 aromatic carbocycles. The summed E-state index contributed by atoms with van der Waals surface area (Å²) in [4.78, 5) is 12.9. The van der Waals surface area contributed by atoms with E-state index in [-0.39, 0.29) is 5.56 Å². The SMILES string of the molecule is COC(=O)c1cc(Sc2ccc(F)c(F)c2)cc(C)c1N. The number of carbonyl (C=O) groups is 1. The molecule has 0 atom stereocenters. The molecule has 0 aliphatic carbocycles. The van der Waals surface area contributed by atoms with E-state index in [1.165, 1.54) is 24.9 Å². The number of hydrogen-bond acceptors (Lipinski definition) is 4. The Morgan fingerprint density at radius 1 is 1.14 bits per heavy atom. The van der Waals surface area contributed by atoms with Crippen molar-refractivity contribution in [1.82, 2.24) is 0 Å². The van der Waals surface area contributed by atoms with Crippen molar-refractivity contribution >= 4 is 23.4 Å². The summed E-state index contributed by atoms with van der Waals surface area (Å²) in [5.74, 6) is -2.35. The summed E-state index contributed by atoms with van der Waals surface area (Å²) in [6, 6.07) is 6.97. The number of halogens is 2. The van der Waals surface area contributed by atoms with E-state index in [9.17, 15) is 13.6 Å². The third-order valence-electron chi connectivity index (χ3n) is 2.89. The number of ether oxygens (including phenoxy) is 1. The van der Waals surface area contributed by atoms with Crippen molar-refractivity contribution in [3.8, 4) is 0 Å². The Bertz CT molecular complexity index is 704. The van der Waals surface area contributed by atoms with Gasteiger partial charge in [-0.2, -0.15) is 0 Å². The zero-order valence-corrected chi connectivity index (χ0v) is 12.3. The third-order valence-corrected chi connectivity index (χ3v) is 3.85. The number of rotatable bonds is 3. The minimum Gasteiger partial charge on any atom is -0.465 e. The first-order valence-electron chi connectivity index (χ1n) is 6.03. The molecule has 6 heteroatoms. The summed E-state index contributed by atoms with van der Waals surface area (Å²) in [5, 5.41) is 0. The van der Waals surface area contributed by atoms with E-state index in [2.05, 4.69) is 4.74 Å². The third kappa shape index (κ3) is 3.33. The number of methoxy groups -OCH3 is 1. The van der Waals surface area contributed by atoms with Gasteiger partial charge in [-0.25, -0.2) is 13.6 Å². The molecular weight excluding hydrogens is 296 g/mol. The Morgan fingerprint density at radius 3 is 2.48 bits per heavy atom. The van der Waals surface area contributed by atoms with Crippen LogP contribution in [0.4, 0.5) is 14.5 Å². The van der Waals surface area contributed by atoms with Crippen LogP contribution in [-0.2, 0) is 4.74 Å². The highest BCUT2D eigenvalue weighted by Gasteiger charge is 2.14. The van der Waals surface area contributed by atoms with Gasteiger partial charge < -0.3 is 10.5 Å². The van der Waals surface area contributed by atoms with Gasteiger partial charge >= 0.3 is 5.97 Å². The summed E-state index contributed by atoms with van der Waals surface area (Å²) in [6.07, 6.45) is 0. The second-order valence-electron chi connectivity index (χ2n) is 4.37. The molecule has 0 fully saturated rings. The number of hydrogen-bond donors (Lipinski definition) is 1. The Morgan fingerprint density at radius 2 is 1.86 bits per heavy atom. The predicted octanol–water partition coefficient (Wildman–Crippen LogP) is 3.79. The monoisotopic (exact) mass is 309 g/mol. The summed E-state index contributed by atoms with van der Waals surface area (Å²) in [6.45, 7) is 1.76. The molecule has 2 aromatic rings. The molecule has 0 bridgehead atoms. The molecule has 0 saturated heterocycles. The summed E-state index contributed by atoms with van der Waals surface area (Å²) >= 11 is 1.21. The summed E-state index contributed by atoms with van der Waals surface area (Å²) < 4.78 is 30.8. The number of aryl methyl sites for hydroxylation is 1. The van der Waals surface area contributed by atoms with Gasteiger partial charge in [0.2, 0.25) is 0 Å². The Labute approximate surface area is 125 Å². The lowest BCUT2D eigenvalue weighted by molar-refractivity contribution is 0.0601. The van der Waals surface area contributed by atoms with E-state index in [1.54, 1.807) is 19.1 Å². The van der Waals surface area contributed by atoms with E-state index in [1.807, 2.05) is 0 Å². The molecule has 0 aliphatic rings. The van der Waals surface area contributed by atoms with Gasteiger partial charge in [0.1, 0.15) is 0 Å². The van der Waals surface area contributed by atoms with Crippen LogP contribution in [0.2, 0.25) is 0 Å². The fourth-order valence-corrected chi connectivity index (χ4v) is 2.76. The molecule has 2 rings (SSSR count). The van der Waals surface area contributed by atoms with E-state index >= 15 is 0 Å². The van der Waals surface area contributed by atoms with Crippen LogP contribution < -0.4 is 5.73 Å². The molecule has 0 saturated carbocycles. The smallest absolute Gasteiger partial charge is 0.340 e. The maximum absolute atomic E-state index is 13.2. The largest absolute Gasteiger partial charge is 0.465 e. The fourth-order valence-electron chi connectivity index (χ4n) is 1.78. The van der Waals surface area contributed by atoms with Crippen LogP contribution in [0.3, 0.4) is 0 Å². The molecule has 0 spiro atoms. The number of carbonyl (C=O) groups excluding carboxylic acids is 1. The van der Waals surface area contributed by atoms with Gasteiger partial charge in [-0.1, -0.05) is 11.8 Å². The topological polar surface area (TPSA) is 52.3 Å². The minimum atomic E-state index is -0.916. The molecule has 0 aromatic heterocycles. The molecule has 21 heavy (non-hydrogen) atoms. The van der Waals surface area contributed by atoms with Crippen molar-refractivity contribution in [2.24, 2.45) is 0 Å². The van der Waals surface area contributed by atoms with Gasteiger partial charge in [-0.05, 0) is 42.8 Å². The van der Waals surface area contributed by atoms with Gasteiger partial charge in [0, 0.05) is 15.5 Å². The van der Waals surface area contributed by atoms with Crippen LogP contribution in [-0.4, -0.2) is 13.1 Å². The highest BCUT2D eigenvalue weighted by molar-refractivity contribution is 7.99. The van der Waals surface area contributed by atoms with Crippen molar-refractivity contribution < 1.29 is 18.3 Å². The molecule has 0 amide bonds. The van der Waals surface area contributed by atoms with E-state index < -0.39 is 17.6 Å². The number of nitrogen functional groups attached to an aromatic ring is 1. The first-order valence-corrected chi connectivity index (χ1v) is 6.85. The highest BCUT2D eigenvalue weighted by Crippen LogP contribution is 2.32. The van der Waals surface area contributed by atoms with Gasteiger partial charge in [-0.15, -0.1) is 0 Å². The van der Waals surface area contributed by atoms with Crippen molar-refractivity contribution in [2.75, 3.05) is 12.8 Å². The lowest BCUT2D eigenvalue weighted by Gasteiger charge is -2.10. The van der Waals surface area contributed by atoms with E-state index in [0.29, 0.717) is 21.0 Å². The van der Waals surface area contributed by atoms with Gasteiger partial charge in [0.15, 0.2) is 11.6 Å². The molecule has 2 N–H and O–H groups in total. The zero-order chi connectivity index (χ0) is 15.6. The van der Waals surface area contributed by atoms with Crippen molar-refractivity contribution in [3.63, 3.8) is 0 Å². The Kier molecular flexibility index (Phi) is 4.47. The van der Waals surface area contributed by atoms with Crippen molar-refractivity contribution in [2.45, 2.75) is 16.7 Å². The lowest BCUT2D eigenvalue weighted by Crippen LogP contribution is -2.07. The maximum Gasteiger partial charge on any atom is 0.340 e. The molecule has 3 nitrogen and oxygen atoms in total. The number of benzene rings is 2. The van der Waals surface area contributed by atoms with Crippen LogP contribution in [0.25, 0.3) is 0 Å². The van der Waals surface area contributed by atoms with E-state index in [0.717, 1.165) is 12.1 Å². The van der Waals surface area contributed by atoms with E-state index in [4.69, 9.17) is 5.73 Å². The van der Waals surface area contributed by atoms with Gasteiger partial charge in [-0.3, -0.25) is 0 Å². The number of nitrogens with two attached hydrogens (primary N) is 1. The quantitative estimate of drug-likeness (QED) is 0.692. The van der Waals surface area contributed by atoms with Crippen LogP contribution >= 0.6 is 11.8 Å². The average Bonchev–Trinajstić information content (AvgIpc) is 2.45. The first kappa shape index (κ1) is 15.3. The standard InChI is InChI=1S/C15H13F2NO2S/c1-8-5-10(6-11(14(8)18)15(19)20-2)21-9-3-4-12(16)13(17)7-9/h3-7H,18H2,1-2H3. The molecule has 110 valence electrons. The van der Waals surface area contributed by atoms with Crippen LogP contribution in [0.15, 0.2) is 40.1 Å². The highest BCUT2D eigenvalue weighted by atomic mass is 32.2. The predicted molar refractivity (Wildman–Crippen MR) is 77.4 cm³/mol. The van der Waals surface area contributed by atoms with Crippen LogP contribution in [0, 0.1) is 18.6 Å². The Hall–Kier alpha value is -2.08. The molecule has 0 aliphatic heterocycles. The molecule has 0 radical (unpaired) electrons. The average molecular weight is 309 g/mol. The molecule has 0 heterocycles. The fraction of sp³-hybridized carbons (Fsp3) is 0.133.